The number of aliphatic hydroxyl groups is 1. The average molecular weight is 400 g/mol. The van der Waals surface area contributed by atoms with Crippen LogP contribution in [0.15, 0.2) is 61.1 Å². The fourth-order valence-corrected chi connectivity index (χ4v) is 2.99. The Morgan fingerprint density at radius 1 is 1.25 bits per heavy atom. The van der Waals surface area contributed by atoms with E-state index in [4.69, 9.17) is 16.3 Å². The highest BCUT2D eigenvalue weighted by molar-refractivity contribution is 6.30. The molecule has 0 aliphatic heterocycles. The van der Waals surface area contributed by atoms with Crippen molar-refractivity contribution in [2.45, 2.75) is 25.5 Å². The second-order valence-corrected chi connectivity index (χ2v) is 6.89. The molecule has 3 aromatic rings. The minimum Gasteiger partial charge on any atom is -0.493 e. The Bertz CT molecular complexity index is 913. The average Bonchev–Trinajstić information content (AvgIpc) is 3.22. The molecule has 0 spiro atoms. The first-order valence-corrected chi connectivity index (χ1v) is 9.37. The van der Waals surface area contributed by atoms with Gasteiger partial charge in [0, 0.05) is 17.6 Å². The van der Waals surface area contributed by atoms with Crippen LogP contribution in [0, 0.1) is 0 Å². The van der Waals surface area contributed by atoms with Crippen LogP contribution in [0.25, 0.3) is 11.1 Å². The summed E-state index contributed by atoms with van der Waals surface area (Å²) >= 11 is 6.07. The second-order valence-electron chi connectivity index (χ2n) is 6.45. The molecular weight excluding hydrogens is 378 g/mol. The number of rotatable bonds is 8. The van der Waals surface area contributed by atoms with Gasteiger partial charge >= 0.3 is 0 Å². The van der Waals surface area contributed by atoms with Crippen molar-refractivity contribution in [1.29, 1.82) is 0 Å². The van der Waals surface area contributed by atoms with Gasteiger partial charge in [-0.25, -0.2) is 4.98 Å². The zero-order valence-electron chi connectivity index (χ0n) is 15.4. The number of aromatic nitrogens is 2. The van der Waals surface area contributed by atoms with E-state index in [-0.39, 0.29) is 11.6 Å². The number of hydrogen-bond donors (Lipinski definition) is 3. The van der Waals surface area contributed by atoms with E-state index in [2.05, 4.69) is 15.3 Å². The Hall–Kier alpha value is -2.83. The Kier molecular flexibility index (Phi) is 6.68. The number of carbonyl (C=O) groups is 1. The molecule has 146 valence electrons. The zero-order chi connectivity index (χ0) is 19.9. The van der Waals surface area contributed by atoms with Crippen molar-refractivity contribution in [2.24, 2.45) is 0 Å². The van der Waals surface area contributed by atoms with Crippen LogP contribution >= 0.6 is 11.6 Å². The SMILES string of the molecule is C[C@H](O)[C@@H](CCOc1cccc(-c2cccc(Cl)c2)c1)NC(=O)c1c[nH]cn1. The fraction of sp³-hybridized carbons (Fsp3) is 0.238. The van der Waals surface area contributed by atoms with Gasteiger partial charge in [0.05, 0.1) is 25.1 Å². The molecule has 1 aromatic heterocycles. The number of imidazole rings is 1. The topological polar surface area (TPSA) is 87.2 Å². The summed E-state index contributed by atoms with van der Waals surface area (Å²) in [6.07, 6.45) is 2.67. The highest BCUT2D eigenvalue weighted by Crippen LogP contribution is 2.26. The van der Waals surface area contributed by atoms with E-state index in [1.54, 1.807) is 6.92 Å². The van der Waals surface area contributed by atoms with Gasteiger partial charge in [-0.3, -0.25) is 4.79 Å². The van der Waals surface area contributed by atoms with E-state index in [0.717, 1.165) is 11.1 Å². The van der Waals surface area contributed by atoms with Crippen LogP contribution in [0.5, 0.6) is 5.75 Å². The third kappa shape index (κ3) is 5.34. The van der Waals surface area contributed by atoms with Gasteiger partial charge in [-0.1, -0.05) is 35.9 Å². The number of aromatic amines is 1. The molecule has 7 heteroatoms. The van der Waals surface area contributed by atoms with Gasteiger partial charge < -0.3 is 20.1 Å². The van der Waals surface area contributed by atoms with Gasteiger partial charge in [-0.05, 0) is 42.3 Å². The predicted molar refractivity (Wildman–Crippen MR) is 109 cm³/mol. The number of nitrogens with one attached hydrogen (secondary N) is 2. The van der Waals surface area contributed by atoms with E-state index in [1.807, 2.05) is 48.5 Å². The van der Waals surface area contributed by atoms with Gasteiger partial charge in [0.25, 0.3) is 5.91 Å². The third-order valence-electron chi connectivity index (χ3n) is 4.32. The van der Waals surface area contributed by atoms with Crippen molar-refractivity contribution in [3.05, 3.63) is 71.8 Å². The highest BCUT2D eigenvalue weighted by Gasteiger charge is 2.19. The van der Waals surface area contributed by atoms with Crippen LogP contribution in [0.1, 0.15) is 23.8 Å². The lowest BCUT2D eigenvalue weighted by Gasteiger charge is -2.21. The summed E-state index contributed by atoms with van der Waals surface area (Å²) in [4.78, 5) is 18.8. The first-order valence-electron chi connectivity index (χ1n) is 8.99. The third-order valence-corrected chi connectivity index (χ3v) is 4.55. The molecule has 0 unspecified atom stereocenters. The van der Waals surface area contributed by atoms with Crippen molar-refractivity contribution >= 4 is 17.5 Å². The van der Waals surface area contributed by atoms with E-state index in [9.17, 15) is 9.90 Å². The molecule has 3 N–H and O–H groups in total. The lowest BCUT2D eigenvalue weighted by atomic mass is 10.1. The van der Waals surface area contributed by atoms with Crippen LogP contribution in [-0.2, 0) is 0 Å². The van der Waals surface area contributed by atoms with E-state index in [1.165, 1.54) is 12.5 Å². The largest absolute Gasteiger partial charge is 0.493 e. The van der Waals surface area contributed by atoms with E-state index < -0.39 is 12.1 Å². The molecule has 0 saturated carbocycles. The standard InChI is InChI=1S/C21H22ClN3O3/c1-14(26)19(25-21(27)20-12-23-13-24-20)8-9-28-18-7-3-5-16(11-18)15-4-2-6-17(22)10-15/h2-7,10-14,19,26H,8-9H2,1H3,(H,23,24)(H,25,27)/t14-,19+/m0/s1. The maximum absolute atomic E-state index is 12.1. The summed E-state index contributed by atoms with van der Waals surface area (Å²) in [5, 5.41) is 13.4. The maximum atomic E-state index is 12.1. The van der Waals surface area contributed by atoms with Crippen molar-refractivity contribution in [1.82, 2.24) is 15.3 Å². The highest BCUT2D eigenvalue weighted by atomic mass is 35.5. The summed E-state index contributed by atoms with van der Waals surface area (Å²) in [6.45, 7) is 1.98. The van der Waals surface area contributed by atoms with Crippen LogP contribution in [0.2, 0.25) is 5.02 Å². The van der Waals surface area contributed by atoms with Crippen LogP contribution in [-0.4, -0.2) is 39.7 Å². The summed E-state index contributed by atoms with van der Waals surface area (Å²) in [6, 6.07) is 14.9. The first-order chi connectivity index (χ1) is 13.5. The predicted octanol–water partition coefficient (Wildman–Crippen LogP) is 3.68. The molecule has 0 bridgehead atoms. The van der Waals surface area contributed by atoms with Crippen LogP contribution < -0.4 is 10.1 Å². The Labute approximate surface area is 168 Å². The number of nitrogens with zero attached hydrogens (tertiary/aromatic N) is 1. The van der Waals surface area contributed by atoms with Gasteiger partial charge in [0.2, 0.25) is 0 Å². The Morgan fingerprint density at radius 3 is 2.68 bits per heavy atom. The fourth-order valence-electron chi connectivity index (χ4n) is 2.80. The number of carbonyl (C=O) groups excluding carboxylic acids is 1. The van der Waals surface area contributed by atoms with Crippen molar-refractivity contribution in [3.63, 3.8) is 0 Å². The Morgan fingerprint density at radius 2 is 2.00 bits per heavy atom. The molecule has 0 saturated heterocycles. The molecule has 2 aromatic carbocycles. The number of aliphatic hydroxyl groups excluding tert-OH is 1. The molecule has 28 heavy (non-hydrogen) atoms. The normalized spacial score (nSPS) is 13.0. The molecule has 0 aliphatic rings. The summed E-state index contributed by atoms with van der Waals surface area (Å²) in [7, 11) is 0. The number of ether oxygens (including phenoxy) is 1. The minimum atomic E-state index is -0.718. The van der Waals surface area contributed by atoms with Gasteiger partial charge in [-0.15, -0.1) is 0 Å². The van der Waals surface area contributed by atoms with Crippen molar-refractivity contribution in [2.75, 3.05) is 6.61 Å². The van der Waals surface area contributed by atoms with E-state index in [0.29, 0.717) is 23.8 Å². The molecule has 0 fully saturated rings. The van der Waals surface area contributed by atoms with Crippen LogP contribution in [0.3, 0.4) is 0 Å². The number of benzene rings is 2. The number of halogens is 1. The minimum absolute atomic E-state index is 0.279. The lowest BCUT2D eigenvalue weighted by Crippen LogP contribution is -2.43. The van der Waals surface area contributed by atoms with Crippen molar-refractivity contribution < 1.29 is 14.6 Å². The monoisotopic (exact) mass is 399 g/mol. The molecule has 2 atom stereocenters. The number of amides is 1. The molecule has 1 amide bonds. The lowest BCUT2D eigenvalue weighted by molar-refractivity contribution is 0.0827. The summed E-state index contributed by atoms with van der Waals surface area (Å²) < 4.78 is 5.83. The summed E-state index contributed by atoms with van der Waals surface area (Å²) in [5.74, 6) is 0.371. The molecular formula is C21H22ClN3O3. The maximum Gasteiger partial charge on any atom is 0.271 e. The van der Waals surface area contributed by atoms with E-state index >= 15 is 0 Å². The van der Waals surface area contributed by atoms with Gasteiger partial charge in [0.15, 0.2) is 0 Å². The molecule has 3 rings (SSSR count). The molecule has 1 heterocycles. The number of hydrogen-bond acceptors (Lipinski definition) is 4. The molecule has 0 radical (unpaired) electrons. The van der Waals surface area contributed by atoms with Crippen LogP contribution in [0.4, 0.5) is 0 Å². The second kappa shape index (κ2) is 9.39. The summed E-state index contributed by atoms with van der Waals surface area (Å²) in [5.41, 5.74) is 2.28. The zero-order valence-corrected chi connectivity index (χ0v) is 16.2. The smallest absolute Gasteiger partial charge is 0.271 e. The first kappa shape index (κ1) is 19.9. The molecule has 0 aliphatic carbocycles. The Balaban J connectivity index is 1.58. The van der Waals surface area contributed by atoms with Crippen molar-refractivity contribution in [3.8, 4) is 16.9 Å². The van der Waals surface area contributed by atoms with Gasteiger partial charge in [0.1, 0.15) is 11.4 Å². The van der Waals surface area contributed by atoms with Gasteiger partial charge in [-0.2, -0.15) is 0 Å². The quantitative estimate of drug-likeness (QED) is 0.539. The number of H-pyrrole nitrogens is 1. The molecule has 6 nitrogen and oxygen atoms in total.